The number of para-hydroxylation sites is 1. The SMILES string of the molecule is CCOc1cc(NCc2cc(N(C)C)nc3ccccc23)ncn1. The van der Waals surface area contributed by atoms with E-state index in [1.807, 2.05) is 44.1 Å². The lowest BCUT2D eigenvalue weighted by molar-refractivity contribution is 0.326. The molecule has 3 rings (SSSR count). The third kappa shape index (κ3) is 3.53. The smallest absolute Gasteiger partial charge is 0.218 e. The Hall–Kier alpha value is -2.89. The summed E-state index contributed by atoms with van der Waals surface area (Å²) in [7, 11) is 3.99. The summed E-state index contributed by atoms with van der Waals surface area (Å²) in [4.78, 5) is 15.0. The van der Waals surface area contributed by atoms with Crippen LogP contribution in [0.2, 0.25) is 0 Å². The normalized spacial score (nSPS) is 10.6. The van der Waals surface area contributed by atoms with Crippen molar-refractivity contribution in [2.45, 2.75) is 13.5 Å². The molecule has 124 valence electrons. The molecule has 3 aromatic rings. The Balaban J connectivity index is 1.88. The van der Waals surface area contributed by atoms with Crippen LogP contribution in [0.25, 0.3) is 10.9 Å². The first-order valence-corrected chi connectivity index (χ1v) is 7.92. The third-order valence-electron chi connectivity index (χ3n) is 3.64. The molecule has 6 heteroatoms. The van der Waals surface area contributed by atoms with Crippen LogP contribution in [0.5, 0.6) is 5.88 Å². The van der Waals surface area contributed by atoms with Crippen LogP contribution < -0.4 is 15.0 Å². The fourth-order valence-electron chi connectivity index (χ4n) is 2.46. The van der Waals surface area contributed by atoms with E-state index in [0.717, 1.165) is 22.5 Å². The van der Waals surface area contributed by atoms with Crippen molar-refractivity contribution in [2.24, 2.45) is 0 Å². The highest BCUT2D eigenvalue weighted by molar-refractivity contribution is 5.84. The molecule has 0 aliphatic rings. The van der Waals surface area contributed by atoms with Gasteiger partial charge in [0.2, 0.25) is 5.88 Å². The van der Waals surface area contributed by atoms with Gasteiger partial charge in [0.05, 0.1) is 12.1 Å². The summed E-state index contributed by atoms with van der Waals surface area (Å²) in [5.41, 5.74) is 2.15. The number of nitrogens with one attached hydrogen (secondary N) is 1. The van der Waals surface area contributed by atoms with Crippen molar-refractivity contribution in [3.05, 3.63) is 48.3 Å². The van der Waals surface area contributed by atoms with E-state index < -0.39 is 0 Å². The monoisotopic (exact) mass is 323 g/mol. The molecule has 0 spiro atoms. The predicted molar refractivity (Wildman–Crippen MR) is 96.6 cm³/mol. The Labute approximate surface area is 141 Å². The number of fused-ring (bicyclic) bond motifs is 1. The van der Waals surface area contributed by atoms with E-state index in [1.54, 1.807) is 6.07 Å². The van der Waals surface area contributed by atoms with E-state index >= 15 is 0 Å². The average molecular weight is 323 g/mol. The van der Waals surface area contributed by atoms with Gasteiger partial charge >= 0.3 is 0 Å². The minimum Gasteiger partial charge on any atom is -0.478 e. The molecule has 0 fully saturated rings. The molecule has 24 heavy (non-hydrogen) atoms. The van der Waals surface area contributed by atoms with Gasteiger partial charge in [-0.1, -0.05) is 18.2 Å². The summed E-state index contributed by atoms with van der Waals surface area (Å²) in [6, 6.07) is 12.1. The molecule has 0 aliphatic carbocycles. The van der Waals surface area contributed by atoms with Crippen molar-refractivity contribution in [1.29, 1.82) is 0 Å². The molecule has 0 unspecified atom stereocenters. The van der Waals surface area contributed by atoms with E-state index in [4.69, 9.17) is 4.74 Å². The summed E-state index contributed by atoms with van der Waals surface area (Å²) < 4.78 is 5.41. The Bertz CT molecular complexity index is 835. The van der Waals surface area contributed by atoms with Crippen LogP contribution in [0.15, 0.2) is 42.7 Å². The first-order chi connectivity index (χ1) is 11.7. The highest BCUT2D eigenvalue weighted by Crippen LogP contribution is 2.23. The predicted octanol–water partition coefficient (Wildman–Crippen LogP) is 3.10. The van der Waals surface area contributed by atoms with Crippen molar-refractivity contribution in [3.8, 4) is 5.88 Å². The minimum absolute atomic E-state index is 0.573. The number of nitrogens with zero attached hydrogens (tertiary/aromatic N) is 4. The van der Waals surface area contributed by atoms with Crippen molar-refractivity contribution < 1.29 is 4.74 Å². The fourth-order valence-corrected chi connectivity index (χ4v) is 2.46. The molecular formula is C18H21N5O. The molecule has 1 aromatic carbocycles. The van der Waals surface area contributed by atoms with Gasteiger partial charge in [0.1, 0.15) is 18.0 Å². The number of benzene rings is 1. The largest absolute Gasteiger partial charge is 0.478 e. The molecule has 0 aliphatic heterocycles. The lowest BCUT2D eigenvalue weighted by Gasteiger charge is -2.15. The summed E-state index contributed by atoms with van der Waals surface area (Å²) >= 11 is 0. The molecule has 0 saturated carbocycles. The van der Waals surface area contributed by atoms with Crippen LogP contribution in [0, 0.1) is 0 Å². The van der Waals surface area contributed by atoms with Crippen LogP contribution in [0.4, 0.5) is 11.6 Å². The minimum atomic E-state index is 0.573. The van der Waals surface area contributed by atoms with Gasteiger partial charge in [-0.2, -0.15) is 0 Å². The molecule has 0 radical (unpaired) electrons. The number of hydrogen-bond acceptors (Lipinski definition) is 6. The van der Waals surface area contributed by atoms with Gasteiger partial charge < -0.3 is 15.0 Å². The van der Waals surface area contributed by atoms with Gasteiger partial charge in [-0.3, -0.25) is 0 Å². The van der Waals surface area contributed by atoms with Crippen molar-refractivity contribution in [1.82, 2.24) is 15.0 Å². The van der Waals surface area contributed by atoms with E-state index in [9.17, 15) is 0 Å². The Morgan fingerprint density at radius 3 is 2.75 bits per heavy atom. The maximum Gasteiger partial charge on any atom is 0.218 e. The first-order valence-electron chi connectivity index (χ1n) is 7.92. The molecule has 0 bridgehead atoms. The van der Waals surface area contributed by atoms with E-state index in [-0.39, 0.29) is 0 Å². The van der Waals surface area contributed by atoms with Gasteiger partial charge in [-0.25, -0.2) is 15.0 Å². The topological polar surface area (TPSA) is 63.2 Å². The molecule has 6 nitrogen and oxygen atoms in total. The molecule has 2 aromatic heterocycles. The van der Waals surface area contributed by atoms with Gasteiger partial charge in [-0.15, -0.1) is 0 Å². The number of pyridine rings is 1. The van der Waals surface area contributed by atoms with Crippen LogP contribution in [0.3, 0.4) is 0 Å². The second-order valence-corrected chi connectivity index (χ2v) is 5.58. The fraction of sp³-hybridized carbons (Fsp3) is 0.278. The first kappa shape index (κ1) is 16.0. The van der Waals surface area contributed by atoms with Crippen molar-refractivity contribution in [2.75, 3.05) is 30.9 Å². The lowest BCUT2D eigenvalue weighted by atomic mass is 10.1. The highest BCUT2D eigenvalue weighted by Gasteiger charge is 2.08. The Kier molecular flexibility index (Phi) is 4.74. The second kappa shape index (κ2) is 7.12. The van der Waals surface area contributed by atoms with Crippen LogP contribution in [0.1, 0.15) is 12.5 Å². The lowest BCUT2D eigenvalue weighted by Crippen LogP contribution is -2.12. The molecule has 1 N–H and O–H groups in total. The molecule has 0 amide bonds. The number of hydrogen-bond donors (Lipinski definition) is 1. The summed E-state index contributed by atoms with van der Waals surface area (Å²) in [6.07, 6.45) is 1.50. The van der Waals surface area contributed by atoms with E-state index in [0.29, 0.717) is 19.0 Å². The van der Waals surface area contributed by atoms with E-state index in [2.05, 4.69) is 32.4 Å². The maximum atomic E-state index is 5.41. The van der Waals surface area contributed by atoms with E-state index in [1.165, 1.54) is 11.9 Å². The van der Waals surface area contributed by atoms with Gasteiger partial charge in [0.15, 0.2) is 0 Å². The average Bonchev–Trinajstić information content (AvgIpc) is 2.60. The molecule has 2 heterocycles. The molecule has 0 saturated heterocycles. The standard InChI is InChI=1S/C18H21N5O/c1-4-24-18-10-16(20-12-21-18)19-11-13-9-17(23(2)3)22-15-8-6-5-7-14(13)15/h5-10,12H,4,11H2,1-3H3,(H,19,20,21). The number of rotatable bonds is 6. The number of aromatic nitrogens is 3. The summed E-state index contributed by atoms with van der Waals surface area (Å²) in [5, 5.41) is 4.47. The van der Waals surface area contributed by atoms with Crippen molar-refractivity contribution in [3.63, 3.8) is 0 Å². The van der Waals surface area contributed by atoms with Crippen LogP contribution >= 0.6 is 0 Å². The highest BCUT2D eigenvalue weighted by atomic mass is 16.5. The Morgan fingerprint density at radius 1 is 1.12 bits per heavy atom. The quantitative estimate of drug-likeness (QED) is 0.752. The molecular weight excluding hydrogens is 302 g/mol. The zero-order chi connectivity index (χ0) is 16.9. The van der Waals surface area contributed by atoms with Gasteiger partial charge in [-0.05, 0) is 24.6 Å². The zero-order valence-electron chi connectivity index (χ0n) is 14.2. The third-order valence-corrected chi connectivity index (χ3v) is 3.64. The van der Waals surface area contributed by atoms with Gasteiger partial charge in [0.25, 0.3) is 0 Å². The van der Waals surface area contributed by atoms with Gasteiger partial charge in [0, 0.05) is 32.1 Å². The zero-order valence-corrected chi connectivity index (χ0v) is 14.2. The number of anilines is 2. The number of ether oxygens (including phenoxy) is 1. The second-order valence-electron chi connectivity index (χ2n) is 5.58. The Morgan fingerprint density at radius 2 is 1.96 bits per heavy atom. The van der Waals surface area contributed by atoms with Crippen LogP contribution in [-0.2, 0) is 6.54 Å². The molecule has 0 atom stereocenters. The summed E-state index contributed by atoms with van der Waals surface area (Å²) in [6.45, 7) is 3.16. The summed E-state index contributed by atoms with van der Waals surface area (Å²) in [5.74, 6) is 2.24. The maximum absolute atomic E-state index is 5.41. The van der Waals surface area contributed by atoms with Crippen molar-refractivity contribution >= 4 is 22.5 Å². The van der Waals surface area contributed by atoms with Crippen LogP contribution in [-0.4, -0.2) is 35.7 Å².